The molecule has 33 heavy (non-hydrogen) atoms. The van der Waals surface area contributed by atoms with E-state index < -0.39 is 0 Å². The highest BCUT2D eigenvalue weighted by atomic mass is 15.0. The zero-order valence-electron chi connectivity index (χ0n) is 17.7. The number of rotatable bonds is 1. The van der Waals surface area contributed by atoms with Crippen LogP contribution in [0.15, 0.2) is 103 Å². The zero-order valence-corrected chi connectivity index (χ0v) is 17.7. The summed E-state index contributed by atoms with van der Waals surface area (Å²) in [6.07, 6.45) is 3.76. The number of nitrogens with zero attached hydrogens (tertiary/aromatic N) is 3. The van der Waals surface area contributed by atoms with Crippen molar-refractivity contribution in [2.75, 3.05) is 0 Å². The third kappa shape index (κ3) is 2.18. The molecule has 0 aliphatic heterocycles. The number of pyridine rings is 2. The third-order valence-corrected chi connectivity index (χ3v) is 7.02. The van der Waals surface area contributed by atoms with Crippen molar-refractivity contribution < 1.29 is 0 Å². The predicted octanol–water partition coefficient (Wildman–Crippen LogP) is 7.60. The Hall–Kier alpha value is -4.50. The first-order chi connectivity index (χ1) is 16.4. The fourth-order valence-corrected chi connectivity index (χ4v) is 5.56. The molecule has 0 bridgehead atoms. The van der Waals surface area contributed by atoms with Crippen LogP contribution in [0.5, 0.6) is 0 Å². The Morgan fingerprint density at radius 2 is 1.30 bits per heavy atom. The van der Waals surface area contributed by atoms with Crippen LogP contribution < -0.4 is 0 Å². The van der Waals surface area contributed by atoms with Crippen LogP contribution in [0.2, 0.25) is 0 Å². The van der Waals surface area contributed by atoms with Gasteiger partial charge in [-0.05, 0) is 62.1 Å². The van der Waals surface area contributed by atoms with Crippen LogP contribution in [0.3, 0.4) is 0 Å². The number of imidazole rings is 1. The van der Waals surface area contributed by atoms with Gasteiger partial charge in [-0.3, -0.25) is 9.38 Å². The second-order valence-electron chi connectivity index (χ2n) is 8.72. The third-order valence-electron chi connectivity index (χ3n) is 7.02. The molecule has 0 N–H and O–H groups in total. The molecule has 0 aliphatic rings. The number of hydrogen-bond donors (Lipinski definition) is 0. The summed E-state index contributed by atoms with van der Waals surface area (Å²) in [6, 6.07) is 32.8. The van der Waals surface area contributed by atoms with Crippen molar-refractivity contribution in [2.24, 2.45) is 0 Å². The summed E-state index contributed by atoms with van der Waals surface area (Å²) in [7, 11) is 0. The van der Waals surface area contributed by atoms with Crippen molar-refractivity contribution in [1.82, 2.24) is 14.4 Å². The molecule has 152 valence electrons. The molecule has 3 aromatic heterocycles. The van der Waals surface area contributed by atoms with Crippen molar-refractivity contribution in [3.05, 3.63) is 103 Å². The standard InChI is InChI=1S/C30H17N3/c1-3-19-7-8-21-9-12-22(23-13-10-20(4-1)28(19)29(21)23)24-5-2-6-25-30(24)32-27-14-11-18-15-16-31-17-26(18)33(25)27/h1-17H. The number of fused-ring (bicyclic) bond motifs is 5. The van der Waals surface area contributed by atoms with Gasteiger partial charge in [-0.1, -0.05) is 66.7 Å². The lowest BCUT2D eigenvalue weighted by atomic mass is 9.89. The molecule has 0 spiro atoms. The van der Waals surface area contributed by atoms with Crippen LogP contribution in [0, 0.1) is 0 Å². The molecular weight excluding hydrogens is 402 g/mol. The minimum absolute atomic E-state index is 0.940. The van der Waals surface area contributed by atoms with E-state index in [-0.39, 0.29) is 0 Å². The van der Waals surface area contributed by atoms with Crippen LogP contribution in [0.25, 0.3) is 71.0 Å². The topological polar surface area (TPSA) is 30.2 Å². The molecule has 3 nitrogen and oxygen atoms in total. The molecule has 8 aromatic rings. The highest BCUT2D eigenvalue weighted by molar-refractivity contribution is 6.26. The van der Waals surface area contributed by atoms with Crippen molar-refractivity contribution in [3.63, 3.8) is 0 Å². The second-order valence-corrected chi connectivity index (χ2v) is 8.72. The van der Waals surface area contributed by atoms with E-state index in [0.29, 0.717) is 0 Å². The summed E-state index contributed by atoms with van der Waals surface area (Å²) in [5.41, 5.74) is 6.51. The van der Waals surface area contributed by atoms with Gasteiger partial charge < -0.3 is 0 Å². The average molecular weight is 419 g/mol. The molecule has 5 aromatic carbocycles. The molecule has 0 aliphatic carbocycles. The van der Waals surface area contributed by atoms with E-state index in [9.17, 15) is 0 Å². The lowest BCUT2D eigenvalue weighted by Gasteiger charge is -2.14. The van der Waals surface area contributed by atoms with Gasteiger partial charge in [0.2, 0.25) is 0 Å². The minimum atomic E-state index is 0.940. The minimum Gasteiger partial charge on any atom is -0.291 e. The van der Waals surface area contributed by atoms with E-state index in [4.69, 9.17) is 4.98 Å². The number of para-hydroxylation sites is 1. The first-order valence-corrected chi connectivity index (χ1v) is 11.2. The molecule has 0 unspecified atom stereocenters. The number of benzene rings is 5. The maximum atomic E-state index is 5.09. The van der Waals surface area contributed by atoms with Gasteiger partial charge in [-0.2, -0.15) is 0 Å². The summed E-state index contributed by atoms with van der Waals surface area (Å²) in [5, 5.41) is 8.95. The van der Waals surface area contributed by atoms with Gasteiger partial charge in [-0.25, -0.2) is 4.98 Å². The highest BCUT2D eigenvalue weighted by Crippen LogP contribution is 2.41. The van der Waals surface area contributed by atoms with Crippen molar-refractivity contribution in [2.45, 2.75) is 0 Å². The van der Waals surface area contributed by atoms with Gasteiger partial charge >= 0.3 is 0 Å². The van der Waals surface area contributed by atoms with Gasteiger partial charge in [0.05, 0.1) is 22.7 Å². The number of hydrogen-bond acceptors (Lipinski definition) is 2. The zero-order chi connectivity index (χ0) is 21.5. The van der Waals surface area contributed by atoms with Crippen molar-refractivity contribution in [3.8, 4) is 11.1 Å². The fraction of sp³-hybridized carbons (Fsp3) is 0. The molecule has 0 radical (unpaired) electrons. The SMILES string of the molecule is c1cc2ccc3ccc(-c4cccc5c4nc4ccc6ccncc6n45)c4ccc(c1)c2c34. The molecule has 0 amide bonds. The monoisotopic (exact) mass is 419 g/mol. The van der Waals surface area contributed by atoms with Gasteiger partial charge in [0.1, 0.15) is 5.65 Å². The molecular formula is C30H17N3. The quantitative estimate of drug-likeness (QED) is 0.256. The maximum Gasteiger partial charge on any atom is 0.138 e. The van der Waals surface area contributed by atoms with Crippen LogP contribution in [0.4, 0.5) is 0 Å². The molecule has 3 heterocycles. The van der Waals surface area contributed by atoms with Gasteiger partial charge in [-0.15, -0.1) is 0 Å². The van der Waals surface area contributed by atoms with Crippen LogP contribution >= 0.6 is 0 Å². The summed E-state index contributed by atoms with van der Waals surface area (Å²) < 4.78 is 2.22. The van der Waals surface area contributed by atoms with E-state index in [1.807, 2.05) is 18.5 Å². The fourth-order valence-electron chi connectivity index (χ4n) is 5.56. The molecule has 8 rings (SSSR count). The van der Waals surface area contributed by atoms with E-state index >= 15 is 0 Å². The largest absolute Gasteiger partial charge is 0.291 e. The summed E-state index contributed by atoms with van der Waals surface area (Å²) in [5.74, 6) is 0. The van der Waals surface area contributed by atoms with E-state index in [2.05, 4.69) is 94.3 Å². The first kappa shape index (κ1) is 17.1. The molecule has 0 fully saturated rings. The maximum absolute atomic E-state index is 5.09. The highest BCUT2D eigenvalue weighted by Gasteiger charge is 2.16. The Morgan fingerprint density at radius 1 is 0.545 bits per heavy atom. The van der Waals surface area contributed by atoms with Crippen molar-refractivity contribution in [1.29, 1.82) is 0 Å². The molecule has 3 heteroatoms. The predicted molar refractivity (Wildman–Crippen MR) is 137 cm³/mol. The lowest BCUT2D eigenvalue weighted by Crippen LogP contribution is -1.89. The van der Waals surface area contributed by atoms with Crippen LogP contribution in [0.1, 0.15) is 0 Å². The van der Waals surface area contributed by atoms with E-state index in [0.717, 1.165) is 33.1 Å². The van der Waals surface area contributed by atoms with Gasteiger partial charge in [0.25, 0.3) is 0 Å². The summed E-state index contributed by atoms with van der Waals surface area (Å²) >= 11 is 0. The lowest BCUT2D eigenvalue weighted by molar-refractivity contribution is 1.26. The Labute approximate surface area is 188 Å². The number of aromatic nitrogens is 3. The first-order valence-electron chi connectivity index (χ1n) is 11.2. The molecule has 0 saturated carbocycles. The molecule has 0 saturated heterocycles. The second kappa shape index (κ2) is 6.05. The summed E-state index contributed by atoms with van der Waals surface area (Å²) in [6.45, 7) is 0. The van der Waals surface area contributed by atoms with Crippen LogP contribution in [-0.2, 0) is 0 Å². The van der Waals surface area contributed by atoms with E-state index in [1.54, 1.807) is 0 Å². The van der Waals surface area contributed by atoms with Crippen LogP contribution in [-0.4, -0.2) is 14.4 Å². The Morgan fingerprint density at radius 3 is 2.21 bits per heavy atom. The van der Waals surface area contributed by atoms with Crippen molar-refractivity contribution >= 4 is 59.9 Å². The molecule has 0 atom stereocenters. The Bertz CT molecular complexity index is 2020. The van der Waals surface area contributed by atoms with Gasteiger partial charge in [0, 0.05) is 17.1 Å². The average Bonchev–Trinajstić information content (AvgIpc) is 3.27. The van der Waals surface area contributed by atoms with Gasteiger partial charge in [0.15, 0.2) is 0 Å². The normalized spacial score (nSPS) is 12.2. The Balaban J connectivity index is 1.53. The Kier molecular flexibility index (Phi) is 3.14. The smallest absolute Gasteiger partial charge is 0.138 e. The summed E-state index contributed by atoms with van der Waals surface area (Å²) in [4.78, 5) is 9.46. The van der Waals surface area contributed by atoms with E-state index in [1.165, 1.54) is 37.9 Å².